The van der Waals surface area contributed by atoms with E-state index < -0.39 is 16.1 Å². The zero-order valence-corrected chi connectivity index (χ0v) is 10.2. The number of nitrogen functional groups attached to an aromatic ring is 1. The monoisotopic (exact) mass is 248 g/mol. The van der Waals surface area contributed by atoms with E-state index in [9.17, 15) is 8.42 Å². The first-order valence-electron chi connectivity index (χ1n) is 4.72. The summed E-state index contributed by atoms with van der Waals surface area (Å²) in [7, 11) is -2.10. The highest BCUT2D eigenvalue weighted by Gasteiger charge is 2.24. The highest BCUT2D eigenvalue weighted by Crippen LogP contribution is 2.20. The second-order valence-electron chi connectivity index (χ2n) is 3.62. The molecule has 0 radical (unpaired) electrons. The van der Waals surface area contributed by atoms with Crippen LogP contribution in [-0.4, -0.2) is 36.0 Å². The van der Waals surface area contributed by atoms with Gasteiger partial charge in [-0.2, -0.15) is 5.10 Å². The molecule has 16 heavy (non-hydrogen) atoms. The molecule has 92 valence electrons. The van der Waals surface area contributed by atoms with Gasteiger partial charge in [-0.1, -0.05) is 0 Å². The number of nitrogens with zero attached hydrogens (tertiary/aromatic N) is 2. The van der Waals surface area contributed by atoms with E-state index in [2.05, 4.69) is 9.82 Å². The van der Waals surface area contributed by atoms with Crippen LogP contribution in [0.4, 0.5) is 5.82 Å². The molecule has 0 aromatic carbocycles. The molecule has 0 spiro atoms. The number of aliphatic hydroxyl groups is 1. The summed E-state index contributed by atoms with van der Waals surface area (Å²) in [6, 6.07) is 0. The average molecular weight is 248 g/mol. The van der Waals surface area contributed by atoms with Crippen LogP contribution in [0, 0.1) is 6.92 Å². The Hall–Kier alpha value is -1.12. The molecule has 1 heterocycles. The fourth-order valence-electron chi connectivity index (χ4n) is 1.25. The van der Waals surface area contributed by atoms with E-state index in [1.54, 1.807) is 14.0 Å². The number of nitrogens with two attached hydrogens (primary N) is 1. The summed E-state index contributed by atoms with van der Waals surface area (Å²) in [4.78, 5) is -0.0318. The van der Waals surface area contributed by atoms with E-state index in [4.69, 9.17) is 10.8 Å². The highest BCUT2D eigenvalue weighted by molar-refractivity contribution is 7.89. The van der Waals surface area contributed by atoms with Gasteiger partial charge in [0.15, 0.2) is 5.82 Å². The fraction of sp³-hybridized carbons (Fsp3) is 0.625. The molecule has 8 heteroatoms. The number of sulfonamides is 1. The number of aliphatic hydroxyl groups excluding tert-OH is 1. The van der Waals surface area contributed by atoms with Crippen molar-refractivity contribution in [2.24, 2.45) is 7.05 Å². The summed E-state index contributed by atoms with van der Waals surface area (Å²) in [6.07, 6.45) is -0.757. The average Bonchev–Trinajstić information content (AvgIpc) is 2.38. The molecule has 0 saturated carbocycles. The first-order chi connectivity index (χ1) is 7.25. The minimum atomic E-state index is -3.71. The number of aryl methyl sites for hydroxylation is 1. The molecule has 0 aliphatic carbocycles. The Kier molecular flexibility index (Phi) is 3.56. The summed E-state index contributed by atoms with van der Waals surface area (Å²) in [5.41, 5.74) is 5.98. The third-order valence-corrected chi connectivity index (χ3v) is 3.73. The van der Waals surface area contributed by atoms with Gasteiger partial charge in [0.05, 0.1) is 11.8 Å². The van der Waals surface area contributed by atoms with E-state index in [0.717, 1.165) is 0 Å². The Balaban J connectivity index is 3.08. The van der Waals surface area contributed by atoms with Gasteiger partial charge in [0.1, 0.15) is 4.90 Å². The van der Waals surface area contributed by atoms with Crippen molar-refractivity contribution >= 4 is 15.8 Å². The third-order valence-electron chi connectivity index (χ3n) is 2.14. The van der Waals surface area contributed by atoms with Crippen LogP contribution in [0.1, 0.15) is 12.6 Å². The zero-order valence-electron chi connectivity index (χ0n) is 9.43. The number of anilines is 1. The lowest BCUT2D eigenvalue weighted by atomic mass is 10.4. The Morgan fingerprint density at radius 3 is 2.56 bits per heavy atom. The summed E-state index contributed by atoms with van der Waals surface area (Å²) >= 11 is 0. The Bertz CT molecular complexity index is 478. The predicted octanol–water partition coefficient (Wildman–Crippen LogP) is -1.03. The molecule has 0 unspecified atom stereocenters. The number of aromatic nitrogens is 2. The van der Waals surface area contributed by atoms with Gasteiger partial charge in [-0.15, -0.1) is 0 Å². The van der Waals surface area contributed by atoms with Gasteiger partial charge in [0, 0.05) is 13.6 Å². The molecule has 1 aromatic rings. The first-order valence-corrected chi connectivity index (χ1v) is 6.21. The lowest BCUT2D eigenvalue weighted by molar-refractivity contribution is 0.198. The lowest BCUT2D eigenvalue weighted by Crippen LogP contribution is -2.31. The van der Waals surface area contributed by atoms with Crippen LogP contribution in [0.25, 0.3) is 0 Å². The first kappa shape index (κ1) is 12.9. The van der Waals surface area contributed by atoms with E-state index in [1.807, 2.05) is 0 Å². The maximum atomic E-state index is 11.8. The normalized spacial score (nSPS) is 14.0. The Morgan fingerprint density at radius 2 is 2.19 bits per heavy atom. The van der Waals surface area contributed by atoms with Crippen molar-refractivity contribution in [3.05, 3.63) is 5.69 Å². The molecule has 0 aliphatic rings. The third kappa shape index (κ3) is 2.52. The second kappa shape index (κ2) is 4.40. The van der Waals surface area contributed by atoms with Crippen molar-refractivity contribution in [3.8, 4) is 0 Å². The van der Waals surface area contributed by atoms with Crippen molar-refractivity contribution in [3.63, 3.8) is 0 Å². The van der Waals surface area contributed by atoms with Crippen LogP contribution in [0.15, 0.2) is 4.90 Å². The van der Waals surface area contributed by atoms with Crippen molar-refractivity contribution in [2.45, 2.75) is 24.8 Å². The van der Waals surface area contributed by atoms with Gasteiger partial charge in [0.25, 0.3) is 0 Å². The van der Waals surface area contributed by atoms with E-state index in [1.165, 1.54) is 11.6 Å². The van der Waals surface area contributed by atoms with E-state index >= 15 is 0 Å². The number of hydrogen-bond donors (Lipinski definition) is 3. The smallest absolute Gasteiger partial charge is 0.246 e. The van der Waals surface area contributed by atoms with Crippen LogP contribution in [0.2, 0.25) is 0 Å². The molecule has 0 aliphatic heterocycles. The molecule has 1 rings (SSSR count). The second-order valence-corrected chi connectivity index (χ2v) is 5.33. The molecular formula is C8H16N4O3S. The van der Waals surface area contributed by atoms with Crippen molar-refractivity contribution in [1.29, 1.82) is 0 Å². The Labute approximate surface area is 94.3 Å². The van der Waals surface area contributed by atoms with Crippen LogP contribution in [-0.2, 0) is 17.1 Å². The molecule has 0 bridgehead atoms. The molecule has 7 nitrogen and oxygen atoms in total. The summed E-state index contributed by atoms with van der Waals surface area (Å²) in [6.45, 7) is 3.04. The molecule has 1 atom stereocenters. The predicted molar refractivity (Wildman–Crippen MR) is 59.2 cm³/mol. The zero-order chi connectivity index (χ0) is 12.5. The van der Waals surface area contributed by atoms with Gasteiger partial charge in [0.2, 0.25) is 10.0 Å². The van der Waals surface area contributed by atoms with Crippen LogP contribution >= 0.6 is 0 Å². The number of rotatable bonds is 4. The molecule has 4 N–H and O–H groups in total. The van der Waals surface area contributed by atoms with Crippen molar-refractivity contribution < 1.29 is 13.5 Å². The number of hydrogen-bond acceptors (Lipinski definition) is 5. The van der Waals surface area contributed by atoms with E-state index in [-0.39, 0.29) is 17.3 Å². The van der Waals surface area contributed by atoms with Crippen molar-refractivity contribution in [2.75, 3.05) is 12.3 Å². The summed E-state index contributed by atoms with van der Waals surface area (Å²) in [5.74, 6) is -0.0434. The number of nitrogens with one attached hydrogen (secondary N) is 1. The van der Waals surface area contributed by atoms with Gasteiger partial charge in [-0.05, 0) is 13.8 Å². The summed E-state index contributed by atoms with van der Waals surface area (Å²) in [5, 5.41) is 12.8. The Morgan fingerprint density at radius 1 is 1.62 bits per heavy atom. The molecule has 0 saturated heterocycles. The largest absolute Gasteiger partial charge is 0.392 e. The van der Waals surface area contributed by atoms with Crippen LogP contribution in [0.5, 0.6) is 0 Å². The molecular weight excluding hydrogens is 232 g/mol. The highest BCUT2D eigenvalue weighted by atomic mass is 32.2. The maximum Gasteiger partial charge on any atom is 0.246 e. The van der Waals surface area contributed by atoms with Gasteiger partial charge < -0.3 is 10.8 Å². The lowest BCUT2D eigenvalue weighted by Gasteiger charge is -2.08. The molecule has 1 aromatic heterocycles. The topological polar surface area (TPSA) is 110 Å². The quantitative estimate of drug-likeness (QED) is 0.631. The van der Waals surface area contributed by atoms with Crippen LogP contribution in [0.3, 0.4) is 0 Å². The van der Waals surface area contributed by atoms with Gasteiger partial charge >= 0.3 is 0 Å². The minimum absolute atomic E-state index is 0.0318. The molecule has 0 amide bonds. The molecule has 0 fully saturated rings. The van der Waals surface area contributed by atoms with Crippen LogP contribution < -0.4 is 10.5 Å². The standard InChI is InChI=1S/C8H16N4O3S/c1-5(13)4-10-16(14,15)7-6(2)12(3)11-8(7)9/h5,10,13H,4H2,1-3H3,(H2,9,11)/t5-/m1/s1. The van der Waals surface area contributed by atoms with E-state index in [0.29, 0.717) is 5.69 Å². The SMILES string of the molecule is Cc1c(S(=O)(=O)NC[C@@H](C)O)c(N)nn1C. The van der Waals surface area contributed by atoms with Gasteiger partial charge in [-0.25, -0.2) is 13.1 Å². The maximum absolute atomic E-state index is 11.8. The van der Waals surface area contributed by atoms with Crippen molar-refractivity contribution in [1.82, 2.24) is 14.5 Å². The summed E-state index contributed by atoms with van der Waals surface area (Å²) < 4.78 is 27.3. The van der Waals surface area contributed by atoms with Gasteiger partial charge in [-0.3, -0.25) is 4.68 Å². The minimum Gasteiger partial charge on any atom is -0.392 e. The fourth-order valence-corrected chi connectivity index (χ4v) is 2.69.